The fraction of sp³-hybridized carbons (Fsp3) is 0.733. The first-order valence-corrected chi connectivity index (χ1v) is 8.59. The fourth-order valence-electron chi connectivity index (χ4n) is 2.91. The molecule has 0 aromatic carbocycles. The molecule has 1 aliphatic carbocycles. The van der Waals surface area contributed by atoms with Gasteiger partial charge in [-0.3, -0.25) is 4.79 Å². The molecule has 21 heavy (non-hydrogen) atoms. The molecular formula is C15H26N4OS. The minimum absolute atomic E-state index is 0.0837. The van der Waals surface area contributed by atoms with Crippen LogP contribution < -0.4 is 16.4 Å². The van der Waals surface area contributed by atoms with Gasteiger partial charge in [0.05, 0.1) is 0 Å². The van der Waals surface area contributed by atoms with Crippen molar-refractivity contribution >= 4 is 28.3 Å². The summed E-state index contributed by atoms with van der Waals surface area (Å²) < 4.78 is 4.14. The van der Waals surface area contributed by atoms with Crippen LogP contribution in [0.25, 0.3) is 0 Å². The zero-order valence-electron chi connectivity index (χ0n) is 13.1. The van der Waals surface area contributed by atoms with Crippen LogP contribution >= 0.6 is 11.5 Å². The Labute approximate surface area is 130 Å². The van der Waals surface area contributed by atoms with E-state index in [1.807, 2.05) is 13.8 Å². The summed E-state index contributed by atoms with van der Waals surface area (Å²) in [6, 6.07) is 0.427. The Bertz CT molecular complexity index is 480. The molecule has 1 unspecified atom stereocenters. The monoisotopic (exact) mass is 310 g/mol. The van der Waals surface area contributed by atoms with E-state index >= 15 is 0 Å². The van der Waals surface area contributed by atoms with Gasteiger partial charge in [0, 0.05) is 12.1 Å². The molecule has 0 saturated heterocycles. The first kappa shape index (κ1) is 16.1. The van der Waals surface area contributed by atoms with Crippen molar-refractivity contribution in [3.05, 3.63) is 5.56 Å². The zero-order chi connectivity index (χ0) is 15.4. The summed E-state index contributed by atoms with van der Waals surface area (Å²) in [6.45, 7) is 6.06. The summed E-state index contributed by atoms with van der Waals surface area (Å²) in [4.78, 5) is 12.3. The van der Waals surface area contributed by atoms with Crippen molar-refractivity contribution in [2.45, 2.75) is 65.0 Å². The van der Waals surface area contributed by atoms with E-state index in [2.05, 4.69) is 21.9 Å². The second kappa shape index (κ2) is 7.11. The van der Waals surface area contributed by atoms with Crippen LogP contribution in [0.3, 0.4) is 0 Å². The van der Waals surface area contributed by atoms with Gasteiger partial charge in [-0.05, 0) is 51.1 Å². The van der Waals surface area contributed by atoms with Crippen LogP contribution in [0, 0.1) is 5.92 Å². The first-order valence-electron chi connectivity index (χ1n) is 7.81. The normalized spacial score (nSPS) is 17.7. The lowest BCUT2D eigenvalue weighted by molar-refractivity contribution is 0.0945. The second-order valence-electron chi connectivity index (χ2n) is 6.23. The maximum atomic E-state index is 12.3. The Morgan fingerprint density at radius 3 is 2.57 bits per heavy atom. The third-order valence-corrected chi connectivity index (χ3v) is 4.87. The van der Waals surface area contributed by atoms with Gasteiger partial charge in [-0.15, -0.1) is 0 Å². The molecule has 2 rings (SSSR count). The largest absolute Gasteiger partial charge is 0.382 e. The molecule has 118 valence electrons. The summed E-state index contributed by atoms with van der Waals surface area (Å²) in [6.07, 6.45) is 6.48. The molecule has 1 aromatic rings. The van der Waals surface area contributed by atoms with Crippen molar-refractivity contribution in [1.82, 2.24) is 9.69 Å². The van der Waals surface area contributed by atoms with E-state index in [9.17, 15) is 4.79 Å². The molecule has 4 N–H and O–H groups in total. The third-order valence-electron chi connectivity index (χ3n) is 4.08. The summed E-state index contributed by atoms with van der Waals surface area (Å²) >= 11 is 1.28. The van der Waals surface area contributed by atoms with Gasteiger partial charge in [-0.1, -0.05) is 19.3 Å². The number of nitrogens with one attached hydrogen (secondary N) is 2. The minimum atomic E-state index is -0.144. The molecule has 0 spiro atoms. The van der Waals surface area contributed by atoms with Crippen molar-refractivity contribution in [3.8, 4) is 0 Å². The Hall–Kier alpha value is -1.30. The highest BCUT2D eigenvalue weighted by Crippen LogP contribution is 2.32. The fourth-order valence-corrected chi connectivity index (χ4v) is 3.72. The highest BCUT2D eigenvalue weighted by Gasteiger charge is 2.24. The lowest BCUT2D eigenvalue weighted by atomic mass is 9.84. The average Bonchev–Trinajstić information content (AvgIpc) is 2.80. The number of amides is 1. The first-order chi connectivity index (χ1) is 9.99. The van der Waals surface area contributed by atoms with Crippen molar-refractivity contribution in [1.29, 1.82) is 0 Å². The minimum Gasteiger partial charge on any atom is -0.382 e. The summed E-state index contributed by atoms with van der Waals surface area (Å²) in [5.74, 6) is 0.842. The van der Waals surface area contributed by atoms with E-state index in [0.29, 0.717) is 23.3 Å². The standard InChI is InChI=1S/C15H26N4OS/c1-9(2)17-14(20)12-13(16)19-21-15(12)18-10(3)11-7-5-4-6-8-11/h9-11,18H,4-8H2,1-3H3,(H2,16,19)(H,17,20). The Kier molecular flexibility index (Phi) is 5.45. The average molecular weight is 310 g/mol. The van der Waals surface area contributed by atoms with Crippen molar-refractivity contribution in [3.63, 3.8) is 0 Å². The number of hydrogen-bond acceptors (Lipinski definition) is 5. The van der Waals surface area contributed by atoms with Gasteiger partial charge in [0.15, 0.2) is 5.82 Å². The molecular weight excluding hydrogens is 284 g/mol. The Balaban J connectivity index is 2.07. The third kappa shape index (κ3) is 4.09. The number of rotatable bonds is 5. The molecule has 1 aromatic heterocycles. The van der Waals surface area contributed by atoms with Crippen LogP contribution in [0.5, 0.6) is 0 Å². The van der Waals surface area contributed by atoms with Crippen molar-refractivity contribution in [2.75, 3.05) is 11.1 Å². The van der Waals surface area contributed by atoms with Crippen LogP contribution in [-0.4, -0.2) is 22.4 Å². The van der Waals surface area contributed by atoms with Gasteiger partial charge in [0.1, 0.15) is 10.6 Å². The molecule has 0 radical (unpaired) electrons. The number of nitrogen functional groups attached to an aromatic ring is 1. The van der Waals surface area contributed by atoms with Gasteiger partial charge >= 0.3 is 0 Å². The SMILES string of the molecule is CC(C)NC(=O)c1c(N)nsc1NC(C)C1CCCCC1. The lowest BCUT2D eigenvalue weighted by Gasteiger charge is -2.28. The molecule has 5 nitrogen and oxygen atoms in total. The maximum absolute atomic E-state index is 12.3. The molecule has 0 bridgehead atoms. The van der Waals surface area contributed by atoms with Gasteiger partial charge in [-0.2, -0.15) is 4.37 Å². The number of anilines is 2. The second-order valence-corrected chi connectivity index (χ2v) is 7.00. The Morgan fingerprint density at radius 2 is 1.95 bits per heavy atom. The molecule has 1 fully saturated rings. The smallest absolute Gasteiger partial charge is 0.258 e. The Morgan fingerprint density at radius 1 is 1.29 bits per heavy atom. The maximum Gasteiger partial charge on any atom is 0.258 e. The molecule has 1 heterocycles. The predicted molar refractivity (Wildman–Crippen MR) is 88.8 cm³/mol. The van der Waals surface area contributed by atoms with Crippen LogP contribution in [0.1, 0.15) is 63.2 Å². The highest BCUT2D eigenvalue weighted by atomic mass is 32.1. The van der Waals surface area contributed by atoms with Crippen LogP contribution in [0.2, 0.25) is 0 Å². The van der Waals surface area contributed by atoms with E-state index in [-0.39, 0.29) is 11.9 Å². The van der Waals surface area contributed by atoms with Crippen LogP contribution in [-0.2, 0) is 0 Å². The number of carbonyl (C=O) groups excluding carboxylic acids is 1. The summed E-state index contributed by atoms with van der Waals surface area (Å²) in [5.41, 5.74) is 6.37. The number of hydrogen-bond donors (Lipinski definition) is 3. The number of carbonyl (C=O) groups is 1. The predicted octanol–water partition coefficient (Wildman–Crippen LogP) is 3.24. The molecule has 1 aliphatic rings. The van der Waals surface area contributed by atoms with Crippen LogP contribution in [0.15, 0.2) is 0 Å². The summed E-state index contributed by atoms with van der Waals surface area (Å²) in [7, 11) is 0. The molecule has 1 amide bonds. The van der Waals surface area contributed by atoms with E-state index in [1.165, 1.54) is 43.6 Å². The zero-order valence-corrected chi connectivity index (χ0v) is 13.9. The molecule has 1 saturated carbocycles. The van der Waals surface area contributed by atoms with E-state index < -0.39 is 0 Å². The van der Waals surface area contributed by atoms with Gasteiger partial charge in [-0.25, -0.2) is 0 Å². The van der Waals surface area contributed by atoms with Crippen molar-refractivity contribution < 1.29 is 4.79 Å². The van der Waals surface area contributed by atoms with Gasteiger partial charge < -0.3 is 16.4 Å². The van der Waals surface area contributed by atoms with Gasteiger partial charge in [0.25, 0.3) is 5.91 Å². The van der Waals surface area contributed by atoms with E-state index in [4.69, 9.17) is 5.73 Å². The number of nitrogens with zero attached hydrogens (tertiary/aromatic N) is 1. The molecule has 6 heteroatoms. The molecule has 0 aliphatic heterocycles. The topological polar surface area (TPSA) is 80.0 Å². The van der Waals surface area contributed by atoms with Gasteiger partial charge in [0.2, 0.25) is 0 Å². The summed E-state index contributed by atoms with van der Waals surface area (Å²) in [5, 5.41) is 7.15. The van der Waals surface area contributed by atoms with Crippen LogP contribution in [0.4, 0.5) is 10.8 Å². The number of nitrogens with two attached hydrogens (primary N) is 1. The lowest BCUT2D eigenvalue weighted by Crippen LogP contribution is -2.32. The van der Waals surface area contributed by atoms with E-state index in [1.54, 1.807) is 0 Å². The number of aromatic nitrogens is 1. The quantitative estimate of drug-likeness (QED) is 0.780. The van der Waals surface area contributed by atoms with E-state index in [0.717, 1.165) is 5.00 Å². The highest BCUT2D eigenvalue weighted by molar-refractivity contribution is 7.11. The van der Waals surface area contributed by atoms with Crippen molar-refractivity contribution in [2.24, 2.45) is 5.92 Å². The molecule has 1 atom stereocenters.